The summed E-state index contributed by atoms with van der Waals surface area (Å²) in [7, 11) is 0. The third-order valence-electron chi connectivity index (χ3n) is 4.97. The van der Waals surface area contributed by atoms with E-state index in [-0.39, 0.29) is 11.5 Å². The van der Waals surface area contributed by atoms with E-state index in [9.17, 15) is 0 Å². The predicted octanol–water partition coefficient (Wildman–Crippen LogP) is 2.33. The number of aromatic nitrogens is 3. The van der Waals surface area contributed by atoms with Gasteiger partial charge in [-0.05, 0) is 31.4 Å². The second kappa shape index (κ2) is 6.73. The van der Waals surface area contributed by atoms with Crippen LogP contribution in [-0.2, 0) is 4.74 Å². The first kappa shape index (κ1) is 15.3. The largest absolute Gasteiger partial charge is 0.477 e. The van der Waals surface area contributed by atoms with Crippen LogP contribution in [0.25, 0.3) is 0 Å². The van der Waals surface area contributed by atoms with Gasteiger partial charge in [0.25, 0.3) is 0 Å². The van der Waals surface area contributed by atoms with Crippen molar-refractivity contribution in [3.8, 4) is 5.88 Å². The van der Waals surface area contributed by atoms with Crippen molar-refractivity contribution in [2.45, 2.75) is 25.4 Å². The van der Waals surface area contributed by atoms with Gasteiger partial charge < -0.3 is 14.4 Å². The number of rotatable bonds is 4. The summed E-state index contributed by atoms with van der Waals surface area (Å²) in [5.74, 6) is 1.46. The van der Waals surface area contributed by atoms with Crippen molar-refractivity contribution in [1.82, 2.24) is 15.0 Å². The molecule has 4 rings (SSSR count). The summed E-state index contributed by atoms with van der Waals surface area (Å²) in [6, 6.07) is 7.59. The molecule has 2 aromatic heterocycles. The van der Waals surface area contributed by atoms with Gasteiger partial charge in [-0.1, -0.05) is 6.07 Å². The summed E-state index contributed by atoms with van der Waals surface area (Å²) in [5, 5.41) is 0. The van der Waals surface area contributed by atoms with Gasteiger partial charge in [0.05, 0.1) is 12.7 Å². The minimum absolute atomic E-state index is 0.0345. The van der Waals surface area contributed by atoms with E-state index in [1.807, 2.05) is 24.3 Å². The highest BCUT2D eigenvalue weighted by atomic mass is 16.5. The van der Waals surface area contributed by atoms with Gasteiger partial charge in [-0.15, -0.1) is 0 Å². The van der Waals surface area contributed by atoms with Gasteiger partial charge >= 0.3 is 0 Å². The van der Waals surface area contributed by atoms with Crippen LogP contribution in [-0.4, -0.2) is 47.4 Å². The van der Waals surface area contributed by atoms with E-state index in [0.29, 0.717) is 12.5 Å². The van der Waals surface area contributed by atoms with Crippen LogP contribution < -0.4 is 9.64 Å². The van der Waals surface area contributed by atoms with E-state index in [1.165, 1.54) is 0 Å². The molecule has 2 saturated heterocycles. The Hall–Kier alpha value is -2.21. The van der Waals surface area contributed by atoms with Crippen LogP contribution in [0.2, 0.25) is 0 Å². The molecule has 126 valence electrons. The Labute approximate surface area is 141 Å². The van der Waals surface area contributed by atoms with E-state index in [1.54, 1.807) is 18.6 Å². The standard InChI is InChI=1S/C18H22N4O2/c1-2-8-19-16(5-1)24-14-18-7-3-12-23-15(18)6-11-22(13-18)17-20-9-4-10-21-17/h1-2,4-5,8-10,15H,3,6-7,11-14H2/t15-,18-/m1/s1. The Morgan fingerprint density at radius 1 is 1.17 bits per heavy atom. The van der Waals surface area contributed by atoms with Crippen LogP contribution in [0.3, 0.4) is 0 Å². The molecular formula is C18H22N4O2. The van der Waals surface area contributed by atoms with Gasteiger partial charge in [0.1, 0.15) is 0 Å². The van der Waals surface area contributed by atoms with Crippen molar-refractivity contribution in [2.24, 2.45) is 5.41 Å². The molecule has 2 aromatic rings. The average molecular weight is 326 g/mol. The molecule has 0 N–H and O–H groups in total. The zero-order valence-electron chi connectivity index (χ0n) is 13.7. The first-order valence-corrected chi connectivity index (χ1v) is 8.53. The predicted molar refractivity (Wildman–Crippen MR) is 90.0 cm³/mol. The molecule has 0 bridgehead atoms. The molecule has 24 heavy (non-hydrogen) atoms. The van der Waals surface area contributed by atoms with Crippen molar-refractivity contribution < 1.29 is 9.47 Å². The summed E-state index contributed by atoms with van der Waals surface area (Å²) >= 11 is 0. The monoisotopic (exact) mass is 326 g/mol. The van der Waals surface area contributed by atoms with Gasteiger partial charge in [0.2, 0.25) is 11.8 Å². The fourth-order valence-electron chi connectivity index (χ4n) is 3.78. The SMILES string of the molecule is c1ccc(OC[C@]23CCCO[C@@H]2CCN(c2ncccn2)C3)nc1. The third-order valence-corrected chi connectivity index (χ3v) is 4.97. The maximum Gasteiger partial charge on any atom is 0.225 e. The normalized spacial score (nSPS) is 26.7. The molecule has 4 heterocycles. The smallest absolute Gasteiger partial charge is 0.225 e. The lowest BCUT2D eigenvalue weighted by atomic mass is 9.73. The summed E-state index contributed by atoms with van der Waals surface area (Å²) < 4.78 is 12.1. The highest BCUT2D eigenvalue weighted by Crippen LogP contribution is 2.41. The summed E-state index contributed by atoms with van der Waals surface area (Å²) in [6.45, 7) is 3.23. The molecule has 0 aliphatic carbocycles. The molecule has 6 heteroatoms. The average Bonchev–Trinajstić information content (AvgIpc) is 2.67. The van der Waals surface area contributed by atoms with Gasteiger partial charge in [0.15, 0.2) is 0 Å². The van der Waals surface area contributed by atoms with Gasteiger partial charge in [-0.3, -0.25) is 0 Å². The number of ether oxygens (including phenoxy) is 2. The van der Waals surface area contributed by atoms with Crippen molar-refractivity contribution in [1.29, 1.82) is 0 Å². The van der Waals surface area contributed by atoms with Crippen LogP contribution in [0.1, 0.15) is 19.3 Å². The van der Waals surface area contributed by atoms with Crippen molar-refractivity contribution in [3.05, 3.63) is 42.9 Å². The fraction of sp³-hybridized carbons (Fsp3) is 0.500. The van der Waals surface area contributed by atoms with Crippen LogP contribution in [0, 0.1) is 5.41 Å². The number of hydrogen-bond donors (Lipinski definition) is 0. The zero-order valence-corrected chi connectivity index (χ0v) is 13.7. The first-order valence-electron chi connectivity index (χ1n) is 8.53. The summed E-state index contributed by atoms with van der Waals surface area (Å²) in [4.78, 5) is 15.4. The third kappa shape index (κ3) is 3.06. The lowest BCUT2D eigenvalue weighted by molar-refractivity contribution is -0.110. The topological polar surface area (TPSA) is 60.4 Å². The Kier molecular flexibility index (Phi) is 4.30. The molecule has 0 aromatic carbocycles. The van der Waals surface area contributed by atoms with E-state index in [4.69, 9.17) is 9.47 Å². The van der Waals surface area contributed by atoms with Crippen LogP contribution >= 0.6 is 0 Å². The van der Waals surface area contributed by atoms with Crippen molar-refractivity contribution in [2.75, 3.05) is 31.2 Å². The van der Waals surface area contributed by atoms with Crippen molar-refractivity contribution in [3.63, 3.8) is 0 Å². The summed E-state index contributed by atoms with van der Waals surface area (Å²) in [6.07, 6.45) is 8.71. The van der Waals surface area contributed by atoms with Crippen LogP contribution in [0.5, 0.6) is 5.88 Å². The first-order chi connectivity index (χ1) is 11.9. The lowest BCUT2D eigenvalue weighted by Gasteiger charge is -2.50. The van der Waals surface area contributed by atoms with Crippen LogP contribution in [0.4, 0.5) is 5.95 Å². The molecule has 2 atom stereocenters. The van der Waals surface area contributed by atoms with E-state index < -0.39 is 0 Å². The van der Waals surface area contributed by atoms with Crippen molar-refractivity contribution >= 4 is 5.95 Å². The molecule has 0 amide bonds. The molecule has 0 radical (unpaired) electrons. The van der Waals surface area contributed by atoms with E-state index in [0.717, 1.165) is 44.9 Å². The second-order valence-electron chi connectivity index (χ2n) is 6.54. The number of piperidine rings is 1. The quantitative estimate of drug-likeness (QED) is 0.859. The Balaban J connectivity index is 1.53. The molecule has 6 nitrogen and oxygen atoms in total. The Bertz CT molecular complexity index is 655. The second-order valence-corrected chi connectivity index (χ2v) is 6.54. The Morgan fingerprint density at radius 3 is 2.88 bits per heavy atom. The molecule has 0 spiro atoms. The molecule has 2 aliphatic rings. The molecular weight excluding hydrogens is 304 g/mol. The molecule has 0 unspecified atom stereocenters. The molecule has 2 fully saturated rings. The zero-order chi connectivity index (χ0) is 16.2. The minimum atomic E-state index is -0.0345. The number of hydrogen-bond acceptors (Lipinski definition) is 6. The fourth-order valence-corrected chi connectivity index (χ4v) is 3.78. The number of fused-ring (bicyclic) bond motifs is 1. The van der Waals surface area contributed by atoms with E-state index in [2.05, 4.69) is 19.9 Å². The maximum absolute atomic E-state index is 6.09. The number of pyridine rings is 1. The van der Waals surface area contributed by atoms with E-state index >= 15 is 0 Å². The Morgan fingerprint density at radius 2 is 2.04 bits per heavy atom. The highest BCUT2D eigenvalue weighted by molar-refractivity contribution is 5.31. The highest BCUT2D eigenvalue weighted by Gasteiger charge is 2.47. The number of anilines is 1. The summed E-state index contributed by atoms with van der Waals surface area (Å²) in [5.41, 5.74) is -0.0345. The van der Waals surface area contributed by atoms with Crippen LogP contribution in [0.15, 0.2) is 42.9 Å². The van der Waals surface area contributed by atoms with Gasteiger partial charge in [0, 0.05) is 49.8 Å². The van der Waals surface area contributed by atoms with Gasteiger partial charge in [-0.2, -0.15) is 0 Å². The minimum Gasteiger partial charge on any atom is -0.477 e. The molecule has 0 saturated carbocycles. The maximum atomic E-state index is 6.09. The molecule has 2 aliphatic heterocycles. The van der Waals surface area contributed by atoms with Gasteiger partial charge in [-0.25, -0.2) is 15.0 Å². The number of nitrogens with zero attached hydrogens (tertiary/aromatic N) is 4. The lowest BCUT2D eigenvalue weighted by Crippen LogP contribution is -2.57.